The summed E-state index contributed by atoms with van der Waals surface area (Å²) in [5, 5.41) is 5.03. The summed E-state index contributed by atoms with van der Waals surface area (Å²) in [6.45, 7) is 6.52. The molecule has 0 bridgehead atoms. The number of fused-ring (bicyclic) bond motifs is 1. The van der Waals surface area contributed by atoms with E-state index in [1.165, 1.54) is 11.8 Å². The Hall–Kier alpha value is -2.60. The van der Waals surface area contributed by atoms with Gasteiger partial charge in [-0.05, 0) is 18.4 Å². The maximum atomic E-state index is 12.7. The van der Waals surface area contributed by atoms with Crippen LogP contribution in [-0.2, 0) is 9.59 Å². The minimum Gasteiger partial charge on any atom is -0.356 e. The van der Waals surface area contributed by atoms with Crippen LogP contribution in [0.25, 0.3) is 10.8 Å². The molecule has 134 valence electrons. The molecule has 1 aliphatic rings. The minimum absolute atomic E-state index is 0.0971. The van der Waals surface area contributed by atoms with E-state index in [1.807, 2.05) is 49.4 Å². The molecule has 6 heteroatoms. The number of hydrogen-bond acceptors (Lipinski definition) is 4. The van der Waals surface area contributed by atoms with Crippen LogP contribution in [0.3, 0.4) is 0 Å². The van der Waals surface area contributed by atoms with Crippen molar-refractivity contribution in [2.24, 2.45) is 4.99 Å². The minimum atomic E-state index is -0.449. The average molecular weight is 367 g/mol. The lowest BCUT2D eigenvalue weighted by Crippen LogP contribution is -2.34. The summed E-state index contributed by atoms with van der Waals surface area (Å²) in [5.41, 5.74) is 0.811. The van der Waals surface area contributed by atoms with Crippen molar-refractivity contribution in [3.8, 4) is 0 Å². The number of amides is 2. The Morgan fingerprint density at radius 1 is 1.31 bits per heavy atom. The van der Waals surface area contributed by atoms with Crippen LogP contribution in [0.4, 0.5) is 5.69 Å². The Labute approximate surface area is 157 Å². The lowest BCUT2D eigenvalue weighted by Gasteiger charge is -2.14. The van der Waals surface area contributed by atoms with Crippen molar-refractivity contribution in [2.75, 3.05) is 13.1 Å². The highest BCUT2D eigenvalue weighted by molar-refractivity contribution is 8.15. The summed E-state index contributed by atoms with van der Waals surface area (Å²) in [6, 6.07) is 13.9. The number of hydrogen-bond donors (Lipinski definition) is 1. The molecule has 26 heavy (non-hydrogen) atoms. The number of nitrogens with zero attached hydrogens (tertiary/aromatic N) is 2. The Bertz CT molecular complexity index is 873. The fourth-order valence-electron chi connectivity index (χ4n) is 2.87. The first-order chi connectivity index (χ1) is 12.6. The number of amidine groups is 1. The smallest absolute Gasteiger partial charge is 0.242 e. The molecule has 0 spiro atoms. The van der Waals surface area contributed by atoms with Gasteiger partial charge in [-0.15, -0.1) is 6.58 Å². The van der Waals surface area contributed by atoms with E-state index in [0.717, 1.165) is 16.5 Å². The van der Waals surface area contributed by atoms with Gasteiger partial charge in [-0.1, -0.05) is 54.2 Å². The highest BCUT2D eigenvalue weighted by Gasteiger charge is 2.38. The van der Waals surface area contributed by atoms with E-state index in [2.05, 4.69) is 11.9 Å². The van der Waals surface area contributed by atoms with Crippen LogP contribution in [0.15, 0.2) is 60.1 Å². The molecule has 1 N–H and O–H groups in total. The van der Waals surface area contributed by atoms with E-state index in [0.29, 0.717) is 18.3 Å². The average Bonchev–Trinajstić information content (AvgIpc) is 2.91. The van der Waals surface area contributed by atoms with Crippen LogP contribution in [-0.4, -0.2) is 40.2 Å². The first kappa shape index (κ1) is 18.2. The number of nitrogens with one attached hydrogen (secondary N) is 1. The summed E-state index contributed by atoms with van der Waals surface area (Å²) >= 11 is 1.34. The number of benzene rings is 2. The zero-order valence-electron chi connectivity index (χ0n) is 14.6. The van der Waals surface area contributed by atoms with E-state index in [4.69, 9.17) is 4.99 Å². The Kier molecular flexibility index (Phi) is 5.73. The van der Waals surface area contributed by atoms with E-state index in [-0.39, 0.29) is 18.2 Å². The summed E-state index contributed by atoms with van der Waals surface area (Å²) in [6.07, 6.45) is 1.82. The highest BCUT2D eigenvalue weighted by atomic mass is 32.2. The van der Waals surface area contributed by atoms with Crippen molar-refractivity contribution in [1.82, 2.24) is 10.2 Å². The maximum absolute atomic E-state index is 12.7. The van der Waals surface area contributed by atoms with Crippen molar-refractivity contribution in [3.63, 3.8) is 0 Å². The maximum Gasteiger partial charge on any atom is 0.242 e. The van der Waals surface area contributed by atoms with Gasteiger partial charge in [0.1, 0.15) is 5.25 Å². The summed E-state index contributed by atoms with van der Waals surface area (Å²) < 4.78 is 0. The molecular weight excluding hydrogens is 346 g/mol. The monoisotopic (exact) mass is 367 g/mol. The van der Waals surface area contributed by atoms with Gasteiger partial charge in [0, 0.05) is 24.9 Å². The number of thioether (sulfide) groups is 1. The zero-order chi connectivity index (χ0) is 18.5. The Balaban J connectivity index is 1.93. The summed E-state index contributed by atoms with van der Waals surface area (Å²) in [5.74, 6) is -0.219. The summed E-state index contributed by atoms with van der Waals surface area (Å²) in [4.78, 5) is 30.9. The molecule has 0 saturated carbocycles. The molecule has 0 radical (unpaired) electrons. The van der Waals surface area contributed by atoms with Crippen molar-refractivity contribution in [1.29, 1.82) is 0 Å². The molecule has 2 aromatic rings. The lowest BCUT2D eigenvalue weighted by molar-refractivity contribution is -0.129. The fourth-order valence-corrected chi connectivity index (χ4v) is 4.03. The van der Waals surface area contributed by atoms with Crippen molar-refractivity contribution >= 4 is 45.2 Å². The van der Waals surface area contributed by atoms with Gasteiger partial charge in [-0.2, -0.15) is 0 Å². The van der Waals surface area contributed by atoms with Crippen LogP contribution < -0.4 is 5.32 Å². The molecule has 1 aliphatic heterocycles. The van der Waals surface area contributed by atoms with E-state index in [1.54, 1.807) is 11.0 Å². The lowest BCUT2D eigenvalue weighted by atomic mass is 10.1. The highest BCUT2D eigenvalue weighted by Crippen LogP contribution is 2.33. The van der Waals surface area contributed by atoms with E-state index in [9.17, 15) is 9.59 Å². The van der Waals surface area contributed by atoms with E-state index < -0.39 is 5.25 Å². The number of aliphatic imine (C=N–C) groups is 1. The topological polar surface area (TPSA) is 61.8 Å². The molecule has 1 heterocycles. The predicted octanol–water partition coefficient (Wildman–Crippen LogP) is 3.48. The standard InChI is InChI=1S/C20H21N3O2S/c1-3-12-23-19(25)17(13-18(24)21-4-2)26-20(23)22-16-11-7-9-14-8-5-6-10-15(14)16/h3,5-11,17H,1,4,12-13H2,2H3,(H,21,24)/t17-/m1/s1. The third-order valence-electron chi connectivity index (χ3n) is 4.06. The molecule has 2 aromatic carbocycles. The van der Waals surface area contributed by atoms with Crippen molar-refractivity contribution in [3.05, 3.63) is 55.1 Å². The Morgan fingerprint density at radius 3 is 2.85 bits per heavy atom. The van der Waals surface area contributed by atoms with Crippen LogP contribution in [0.5, 0.6) is 0 Å². The molecule has 1 atom stereocenters. The molecule has 0 aliphatic carbocycles. The van der Waals surface area contributed by atoms with Crippen LogP contribution >= 0.6 is 11.8 Å². The second kappa shape index (κ2) is 8.19. The SMILES string of the molecule is C=CCN1C(=O)[C@@H](CC(=O)NCC)SC1=Nc1cccc2ccccc12. The zero-order valence-corrected chi connectivity index (χ0v) is 15.5. The van der Waals surface area contributed by atoms with Crippen LogP contribution in [0.1, 0.15) is 13.3 Å². The van der Waals surface area contributed by atoms with Gasteiger partial charge in [0.05, 0.1) is 5.69 Å². The van der Waals surface area contributed by atoms with E-state index >= 15 is 0 Å². The normalized spacial score (nSPS) is 18.5. The summed E-state index contributed by atoms with van der Waals surface area (Å²) in [7, 11) is 0. The van der Waals surface area contributed by atoms with Gasteiger partial charge in [-0.25, -0.2) is 4.99 Å². The van der Waals surface area contributed by atoms with Gasteiger partial charge < -0.3 is 5.32 Å². The molecule has 0 unspecified atom stereocenters. The van der Waals surface area contributed by atoms with Gasteiger partial charge in [0.2, 0.25) is 11.8 Å². The first-order valence-electron chi connectivity index (χ1n) is 8.56. The molecule has 0 aromatic heterocycles. The molecule has 5 nitrogen and oxygen atoms in total. The van der Waals surface area contributed by atoms with Gasteiger partial charge in [0.15, 0.2) is 5.17 Å². The van der Waals surface area contributed by atoms with Crippen LogP contribution in [0.2, 0.25) is 0 Å². The van der Waals surface area contributed by atoms with Gasteiger partial charge in [-0.3, -0.25) is 14.5 Å². The second-order valence-corrected chi connectivity index (χ2v) is 7.06. The quantitative estimate of drug-likeness (QED) is 0.795. The van der Waals surface area contributed by atoms with Crippen molar-refractivity contribution < 1.29 is 9.59 Å². The Morgan fingerprint density at radius 2 is 2.08 bits per heavy atom. The number of carbonyl (C=O) groups excluding carboxylic acids is 2. The largest absolute Gasteiger partial charge is 0.356 e. The molecular formula is C20H21N3O2S. The third-order valence-corrected chi connectivity index (χ3v) is 5.23. The van der Waals surface area contributed by atoms with Gasteiger partial charge in [0.25, 0.3) is 0 Å². The molecule has 2 amide bonds. The first-order valence-corrected chi connectivity index (χ1v) is 9.44. The van der Waals surface area contributed by atoms with Crippen molar-refractivity contribution in [2.45, 2.75) is 18.6 Å². The molecule has 1 saturated heterocycles. The number of carbonyl (C=O) groups is 2. The number of rotatable bonds is 6. The fraction of sp³-hybridized carbons (Fsp3) is 0.250. The molecule has 3 rings (SSSR count). The van der Waals surface area contributed by atoms with Gasteiger partial charge >= 0.3 is 0 Å². The predicted molar refractivity (Wildman–Crippen MR) is 108 cm³/mol. The third kappa shape index (κ3) is 3.80. The van der Waals surface area contributed by atoms with Crippen LogP contribution in [0, 0.1) is 0 Å². The second-order valence-electron chi connectivity index (χ2n) is 5.89. The molecule has 1 fully saturated rings.